The highest BCUT2D eigenvalue weighted by atomic mass is 32.2. The van der Waals surface area contributed by atoms with Crippen LogP contribution in [0.1, 0.15) is 60.9 Å². The number of rotatable bonds is 26. The van der Waals surface area contributed by atoms with E-state index in [9.17, 15) is 28.8 Å². The van der Waals surface area contributed by atoms with E-state index >= 15 is 0 Å². The molecule has 0 aliphatic carbocycles. The summed E-state index contributed by atoms with van der Waals surface area (Å²) in [6.45, 7) is 3.82. The van der Waals surface area contributed by atoms with Crippen molar-refractivity contribution < 1.29 is 38.2 Å². The lowest BCUT2D eigenvalue weighted by Crippen LogP contribution is -2.49. The van der Waals surface area contributed by atoms with Crippen LogP contribution in [0.5, 0.6) is 0 Å². The lowest BCUT2D eigenvalue weighted by atomic mass is 10.0. The fraction of sp³-hybridized carbons (Fsp3) is 0.419. The number of benzene rings is 4. The zero-order valence-electron chi connectivity index (χ0n) is 46.5. The van der Waals surface area contributed by atoms with Crippen molar-refractivity contribution in [3.63, 3.8) is 0 Å². The fourth-order valence-electron chi connectivity index (χ4n) is 10.7. The number of nitrogens with zero attached hydrogens (tertiary/aromatic N) is 6. The molecule has 6 aromatic rings. The molecular weight excluding hydrogens is 1050 g/mol. The van der Waals surface area contributed by atoms with Gasteiger partial charge in [0, 0.05) is 75.6 Å². The number of aromatic nitrogens is 2. The van der Waals surface area contributed by atoms with Crippen molar-refractivity contribution in [3.8, 4) is 0 Å². The van der Waals surface area contributed by atoms with E-state index in [4.69, 9.17) is 9.47 Å². The second-order valence-electron chi connectivity index (χ2n) is 20.3. The maximum atomic E-state index is 13.3. The van der Waals surface area contributed by atoms with Gasteiger partial charge in [-0.05, 0) is 119 Å². The number of methoxy groups -OCH3 is 2. The van der Waals surface area contributed by atoms with E-state index in [0.29, 0.717) is 58.5 Å². The largest absolute Gasteiger partial charge is 0.467 e. The van der Waals surface area contributed by atoms with Gasteiger partial charge >= 0.3 is 11.9 Å². The minimum Gasteiger partial charge on any atom is -0.467 e. The number of hydrogen-bond donors (Lipinski definition) is 2. The molecule has 2 N–H and O–H groups in total. The van der Waals surface area contributed by atoms with Gasteiger partial charge < -0.3 is 29.9 Å². The molecule has 80 heavy (non-hydrogen) atoms. The summed E-state index contributed by atoms with van der Waals surface area (Å²) in [5, 5.41) is 10.3. The third-order valence-corrected chi connectivity index (χ3v) is 15.9. The molecule has 0 unspecified atom stereocenters. The second-order valence-corrected chi connectivity index (χ2v) is 22.2. The van der Waals surface area contributed by atoms with Gasteiger partial charge in [0.1, 0.15) is 12.1 Å². The monoisotopic (exact) mass is 1120 g/mol. The molecule has 0 spiro atoms. The van der Waals surface area contributed by atoms with Crippen molar-refractivity contribution in [3.05, 3.63) is 156 Å². The first-order valence-corrected chi connectivity index (χ1v) is 30.2. The average Bonchev–Trinajstić information content (AvgIpc) is 4.18. The maximum absolute atomic E-state index is 13.3. The summed E-state index contributed by atoms with van der Waals surface area (Å²) in [6, 6.07) is 36.8. The summed E-state index contributed by atoms with van der Waals surface area (Å²) in [5.41, 5.74) is 3.87. The van der Waals surface area contributed by atoms with Crippen molar-refractivity contribution >= 4 is 80.6 Å². The first kappa shape index (κ1) is 60.8. The van der Waals surface area contributed by atoms with Crippen molar-refractivity contribution in [2.24, 2.45) is 0 Å². The Balaban J connectivity index is 0.000000231. The number of carbonyl (C=O) groups excluding carboxylic acids is 6. The van der Waals surface area contributed by atoms with Crippen LogP contribution in [0, 0.1) is 0 Å². The van der Waals surface area contributed by atoms with Gasteiger partial charge in [0.2, 0.25) is 23.6 Å². The molecule has 2 fully saturated rings. The van der Waals surface area contributed by atoms with Crippen molar-refractivity contribution in [2.45, 2.75) is 88.6 Å². The van der Waals surface area contributed by atoms with Crippen LogP contribution in [-0.2, 0) is 64.2 Å². The summed E-state index contributed by atoms with van der Waals surface area (Å²) in [5.74, 6) is 0.247. The maximum Gasteiger partial charge on any atom is 0.328 e. The van der Waals surface area contributed by atoms with Crippen LogP contribution in [0.3, 0.4) is 0 Å². The molecule has 2 aliphatic rings. The number of fused-ring (bicyclic) bond motifs is 2. The smallest absolute Gasteiger partial charge is 0.328 e. The van der Waals surface area contributed by atoms with Crippen molar-refractivity contribution in [1.82, 2.24) is 40.2 Å². The van der Waals surface area contributed by atoms with Crippen LogP contribution >= 0.6 is 23.5 Å². The van der Waals surface area contributed by atoms with E-state index in [2.05, 4.69) is 78.9 Å². The highest BCUT2D eigenvalue weighted by Crippen LogP contribution is 2.26. The predicted octanol–water partition coefficient (Wildman–Crippen LogP) is 7.36. The lowest BCUT2D eigenvalue weighted by Gasteiger charge is -2.31. The SMILES string of the molecule is COC(=O)[C@H](CCSC)NC(=O)CN(Cc1cccc2ccccc12)C[C@@H]1CCCN1C(=O)Cc1ccccn1.COC(=O)[C@H](CCSC)NC(=O)CN(Cc1cccc2ccccc12)C[C@@H]1CCCN1C(=O)Cc1cccnc1. The molecule has 16 nitrogen and oxygen atoms in total. The summed E-state index contributed by atoms with van der Waals surface area (Å²) in [4.78, 5) is 94.2. The molecule has 4 amide bonds. The molecular formula is C62H76N8O8S2. The molecule has 0 bridgehead atoms. The Bertz CT molecular complexity index is 2770. The minimum absolute atomic E-state index is 0.000145. The number of amides is 4. The molecule has 18 heteroatoms. The summed E-state index contributed by atoms with van der Waals surface area (Å²) in [6.07, 6.45) is 14.2. The zero-order valence-corrected chi connectivity index (χ0v) is 48.1. The molecule has 2 aromatic heterocycles. The van der Waals surface area contributed by atoms with E-state index in [1.807, 2.05) is 89.0 Å². The molecule has 2 aliphatic heterocycles. The number of carbonyl (C=O) groups is 6. The summed E-state index contributed by atoms with van der Waals surface area (Å²) >= 11 is 3.23. The summed E-state index contributed by atoms with van der Waals surface area (Å²) < 4.78 is 9.86. The van der Waals surface area contributed by atoms with Gasteiger partial charge in [-0.1, -0.05) is 97.1 Å². The van der Waals surface area contributed by atoms with Gasteiger partial charge in [-0.2, -0.15) is 23.5 Å². The third kappa shape index (κ3) is 18.1. The van der Waals surface area contributed by atoms with E-state index in [1.165, 1.54) is 14.2 Å². The van der Waals surface area contributed by atoms with Gasteiger partial charge in [0.05, 0.1) is 40.2 Å². The molecule has 0 radical (unpaired) electrons. The van der Waals surface area contributed by atoms with E-state index in [0.717, 1.165) is 81.1 Å². The Morgan fingerprint density at radius 3 is 1.55 bits per heavy atom. The molecule has 0 saturated carbocycles. The highest BCUT2D eigenvalue weighted by molar-refractivity contribution is 7.98. The predicted molar refractivity (Wildman–Crippen MR) is 318 cm³/mol. The van der Waals surface area contributed by atoms with Crippen LogP contribution in [0.2, 0.25) is 0 Å². The van der Waals surface area contributed by atoms with Gasteiger partial charge in [-0.25, -0.2) is 9.59 Å². The first-order chi connectivity index (χ1) is 39.0. The number of hydrogen-bond acceptors (Lipinski definition) is 14. The standard InChI is InChI=1S/2C31H38N4O4S/c1-39-31(38)28(14-17-40-2)33-29(36)22-34(20-25-11-5-10-24-9-3-4-13-27(24)25)21-26-12-7-16-35(26)30(37)18-23-8-6-15-32-19-23;1-39-31(38)28(15-18-40-2)33-29(36)22-34(20-24-11-7-10-23-9-3-4-14-27(23)24)21-26-13-8-17-35(26)30(37)19-25-12-5-6-16-32-25/h3-6,8-11,13,15,19,26,28H,7,12,14,16-18,20-22H2,1-2H3,(H,33,36);3-7,9-12,14,16,26,28H,8,13,15,17-22H2,1-2H3,(H,33,36)/t2*26-,28-/m00/s1. The Morgan fingerprint density at radius 2 is 1.09 bits per heavy atom. The normalized spacial score (nSPS) is 15.8. The lowest BCUT2D eigenvalue weighted by molar-refractivity contribution is -0.145. The Kier molecular flexibility index (Phi) is 24.2. The van der Waals surface area contributed by atoms with Crippen LogP contribution in [0.15, 0.2) is 134 Å². The Morgan fingerprint density at radius 1 is 0.600 bits per heavy atom. The van der Waals surface area contributed by atoms with E-state index in [1.54, 1.807) is 42.1 Å². The Hall–Kier alpha value is -6.86. The highest BCUT2D eigenvalue weighted by Gasteiger charge is 2.33. The zero-order chi connectivity index (χ0) is 56.6. The van der Waals surface area contributed by atoms with Crippen LogP contribution in [0.4, 0.5) is 0 Å². The fourth-order valence-corrected chi connectivity index (χ4v) is 11.6. The molecule has 2 saturated heterocycles. The number of nitrogens with one attached hydrogen (secondary N) is 2. The third-order valence-electron chi connectivity index (χ3n) is 14.6. The van der Waals surface area contributed by atoms with Gasteiger partial charge in [-0.15, -0.1) is 0 Å². The van der Waals surface area contributed by atoms with Crippen molar-refractivity contribution in [1.29, 1.82) is 0 Å². The molecule has 424 valence electrons. The van der Waals surface area contributed by atoms with Gasteiger partial charge in [0.25, 0.3) is 0 Å². The average molecular weight is 1130 g/mol. The number of ether oxygens (including phenoxy) is 2. The van der Waals surface area contributed by atoms with Crippen LogP contribution < -0.4 is 10.6 Å². The number of likely N-dealkylation sites (tertiary alicyclic amines) is 2. The molecule has 4 atom stereocenters. The first-order valence-electron chi connectivity index (χ1n) is 27.4. The number of esters is 2. The molecule has 8 rings (SSSR count). The minimum atomic E-state index is -0.688. The molecule has 4 heterocycles. The molecule has 4 aromatic carbocycles. The van der Waals surface area contributed by atoms with Gasteiger partial charge in [-0.3, -0.25) is 38.9 Å². The van der Waals surface area contributed by atoms with Gasteiger partial charge in [0.15, 0.2) is 0 Å². The second kappa shape index (κ2) is 31.8. The topological polar surface area (TPSA) is 184 Å². The van der Waals surface area contributed by atoms with E-state index < -0.39 is 24.0 Å². The number of pyridine rings is 2. The van der Waals surface area contributed by atoms with Crippen molar-refractivity contribution in [2.75, 3.05) is 77.5 Å². The van der Waals surface area contributed by atoms with Crippen LogP contribution in [0.25, 0.3) is 21.5 Å². The number of thioether (sulfide) groups is 2. The van der Waals surface area contributed by atoms with Crippen LogP contribution in [-0.4, -0.2) is 167 Å². The Labute approximate surface area is 479 Å². The van der Waals surface area contributed by atoms with E-state index in [-0.39, 0.29) is 55.2 Å². The quantitative estimate of drug-likeness (QED) is 0.0514. The summed E-state index contributed by atoms with van der Waals surface area (Å²) in [7, 11) is 2.68.